The van der Waals surface area contributed by atoms with Crippen LogP contribution in [0.2, 0.25) is 0 Å². The van der Waals surface area contributed by atoms with Crippen molar-refractivity contribution in [3.63, 3.8) is 0 Å². The zero-order valence-corrected chi connectivity index (χ0v) is 13.9. The van der Waals surface area contributed by atoms with E-state index in [1.807, 2.05) is 43.3 Å². The maximum absolute atomic E-state index is 12.6. The van der Waals surface area contributed by atoms with Crippen molar-refractivity contribution in [2.24, 2.45) is 0 Å². The first-order valence-electron chi connectivity index (χ1n) is 7.99. The van der Waals surface area contributed by atoms with Gasteiger partial charge in [0.25, 0.3) is 0 Å². The second kappa shape index (κ2) is 11.7. The Balaban J connectivity index is 2.35. The summed E-state index contributed by atoms with van der Waals surface area (Å²) in [5.74, 6) is 0. The van der Waals surface area contributed by atoms with Crippen molar-refractivity contribution >= 4 is 10.8 Å². The molecule has 1 N–H and O–H groups in total. The van der Waals surface area contributed by atoms with E-state index in [0.717, 1.165) is 30.6 Å². The minimum atomic E-state index is -0.951. The maximum atomic E-state index is 12.6. The first-order valence-corrected chi connectivity index (χ1v) is 9.20. The van der Waals surface area contributed by atoms with Crippen LogP contribution in [0.1, 0.15) is 51.9 Å². The van der Waals surface area contributed by atoms with E-state index in [1.54, 1.807) is 0 Å². The second-order valence-corrected chi connectivity index (χ2v) is 6.98. The Morgan fingerprint density at radius 1 is 1.05 bits per heavy atom. The molecule has 0 saturated heterocycles. The summed E-state index contributed by atoms with van der Waals surface area (Å²) < 4.78 is 12.6. The van der Waals surface area contributed by atoms with Gasteiger partial charge in [-0.25, -0.2) is 0 Å². The molecule has 1 aromatic carbocycles. The van der Waals surface area contributed by atoms with E-state index in [1.165, 1.54) is 19.3 Å². The molecule has 1 rings (SSSR count). The van der Waals surface area contributed by atoms with E-state index >= 15 is 0 Å². The Hall–Kier alpha value is -0.930. The van der Waals surface area contributed by atoms with Gasteiger partial charge in [-0.1, -0.05) is 62.5 Å². The molecule has 2 nitrogen and oxygen atoms in total. The van der Waals surface area contributed by atoms with Crippen molar-refractivity contribution in [2.45, 2.75) is 62.0 Å². The highest BCUT2D eigenvalue weighted by Gasteiger charge is 2.14. The first-order chi connectivity index (χ1) is 10.3. The van der Waals surface area contributed by atoms with Gasteiger partial charge in [0.05, 0.1) is 16.0 Å². The van der Waals surface area contributed by atoms with Crippen molar-refractivity contribution in [3.05, 3.63) is 42.5 Å². The van der Waals surface area contributed by atoms with Crippen molar-refractivity contribution in [3.8, 4) is 0 Å². The molecular formula is C18H28O2S. The quantitative estimate of drug-likeness (QED) is 0.484. The number of hydrogen-bond acceptors (Lipinski definition) is 2. The summed E-state index contributed by atoms with van der Waals surface area (Å²) >= 11 is 0. The highest BCUT2D eigenvalue weighted by Crippen LogP contribution is 2.18. The molecule has 0 aliphatic carbocycles. The third kappa shape index (κ3) is 7.58. The van der Waals surface area contributed by atoms with Crippen LogP contribution in [0, 0.1) is 0 Å². The van der Waals surface area contributed by atoms with E-state index in [2.05, 4.69) is 6.08 Å². The highest BCUT2D eigenvalue weighted by molar-refractivity contribution is 7.85. The maximum Gasteiger partial charge on any atom is 0.0599 e. The Labute approximate surface area is 131 Å². The fourth-order valence-corrected chi connectivity index (χ4v) is 3.84. The number of aliphatic hydroxyl groups is 1. The minimum absolute atomic E-state index is 0.120. The van der Waals surface area contributed by atoms with Gasteiger partial charge in [0.1, 0.15) is 0 Å². The molecular weight excluding hydrogens is 280 g/mol. The molecule has 0 aromatic heterocycles. The van der Waals surface area contributed by atoms with Gasteiger partial charge in [-0.15, -0.1) is 0 Å². The molecule has 0 amide bonds. The average molecular weight is 308 g/mol. The lowest BCUT2D eigenvalue weighted by molar-refractivity contribution is 0.282. The fraction of sp³-hybridized carbons (Fsp3) is 0.556. The van der Waals surface area contributed by atoms with E-state index in [-0.39, 0.29) is 5.25 Å². The van der Waals surface area contributed by atoms with Gasteiger partial charge in [-0.3, -0.25) is 4.21 Å². The summed E-state index contributed by atoms with van der Waals surface area (Å²) in [7, 11) is -0.951. The number of allylic oxidation sites excluding steroid dienone is 1. The van der Waals surface area contributed by atoms with Gasteiger partial charge in [-0.2, -0.15) is 0 Å². The van der Waals surface area contributed by atoms with Gasteiger partial charge < -0.3 is 5.11 Å². The number of rotatable bonds is 11. The Morgan fingerprint density at radius 3 is 2.29 bits per heavy atom. The molecule has 0 spiro atoms. The van der Waals surface area contributed by atoms with Crippen molar-refractivity contribution in [1.82, 2.24) is 0 Å². The van der Waals surface area contributed by atoms with E-state index in [4.69, 9.17) is 5.11 Å². The smallest absolute Gasteiger partial charge is 0.0599 e. The first kappa shape index (κ1) is 18.1. The van der Waals surface area contributed by atoms with Crippen molar-refractivity contribution in [1.29, 1.82) is 0 Å². The number of unbranched alkanes of at least 4 members (excludes halogenated alkanes) is 5. The van der Waals surface area contributed by atoms with Crippen LogP contribution >= 0.6 is 0 Å². The van der Waals surface area contributed by atoms with Gasteiger partial charge in [0.15, 0.2) is 0 Å². The molecule has 2 unspecified atom stereocenters. The van der Waals surface area contributed by atoms with Crippen molar-refractivity contribution in [2.75, 3.05) is 6.61 Å². The molecule has 1 aromatic rings. The Kier molecular flexibility index (Phi) is 10.1. The predicted octanol–water partition coefficient (Wildman–Crippen LogP) is 4.46. The Morgan fingerprint density at radius 2 is 1.67 bits per heavy atom. The van der Waals surface area contributed by atoms with E-state index in [0.29, 0.717) is 6.61 Å². The van der Waals surface area contributed by atoms with Gasteiger partial charge >= 0.3 is 0 Å². The van der Waals surface area contributed by atoms with E-state index < -0.39 is 10.8 Å². The number of hydrogen-bond donors (Lipinski definition) is 1. The molecule has 0 bridgehead atoms. The summed E-state index contributed by atoms with van der Waals surface area (Å²) in [6.45, 7) is 2.30. The molecule has 0 aliphatic heterocycles. The largest absolute Gasteiger partial charge is 0.396 e. The van der Waals surface area contributed by atoms with Crippen LogP contribution in [-0.2, 0) is 10.8 Å². The number of benzene rings is 1. The molecule has 118 valence electrons. The summed E-state index contributed by atoms with van der Waals surface area (Å²) in [6.07, 6.45) is 11.8. The summed E-state index contributed by atoms with van der Waals surface area (Å²) in [4.78, 5) is 0.920. The minimum Gasteiger partial charge on any atom is -0.396 e. The molecule has 0 saturated carbocycles. The normalized spacial score (nSPS) is 14.4. The summed E-state index contributed by atoms with van der Waals surface area (Å²) in [5.41, 5.74) is 0. The lowest BCUT2D eigenvalue weighted by Crippen LogP contribution is -2.12. The molecule has 0 heterocycles. The third-order valence-electron chi connectivity index (χ3n) is 3.55. The molecule has 2 atom stereocenters. The molecule has 0 fully saturated rings. The lowest BCUT2D eigenvalue weighted by Gasteiger charge is -2.12. The fourth-order valence-electron chi connectivity index (χ4n) is 2.38. The Bertz CT molecular complexity index is 414. The van der Waals surface area contributed by atoms with Crippen LogP contribution in [0.3, 0.4) is 0 Å². The number of aliphatic hydroxyl groups excluding tert-OH is 1. The van der Waals surface area contributed by atoms with Crippen LogP contribution in [0.4, 0.5) is 0 Å². The van der Waals surface area contributed by atoms with Gasteiger partial charge in [-0.05, 0) is 31.9 Å². The summed E-state index contributed by atoms with van der Waals surface area (Å²) in [6, 6.07) is 9.74. The topological polar surface area (TPSA) is 37.3 Å². The standard InChI is InChI=1S/C18H28O2S/c1-2-12-17(13-8-5-3-4-6-11-16-19)21(20)18-14-9-7-10-15-18/h2,7,9-10,12,14-15,17,19H,3-6,8,11,13,16H2,1H3/b12-2+. The molecule has 0 radical (unpaired) electrons. The third-order valence-corrected chi connectivity index (χ3v) is 5.23. The van der Waals surface area contributed by atoms with E-state index in [9.17, 15) is 4.21 Å². The van der Waals surface area contributed by atoms with Crippen molar-refractivity contribution < 1.29 is 9.32 Å². The van der Waals surface area contributed by atoms with Crippen LogP contribution in [-0.4, -0.2) is 21.2 Å². The predicted molar refractivity (Wildman–Crippen MR) is 90.9 cm³/mol. The lowest BCUT2D eigenvalue weighted by atomic mass is 10.1. The second-order valence-electron chi connectivity index (χ2n) is 5.31. The SMILES string of the molecule is C/C=C/C(CCCCCCCCO)S(=O)c1ccccc1. The highest BCUT2D eigenvalue weighted by atomic mass is 32.2. The zero-order valence-electron chi connectivity index (χ0n) is 13.0. The van der Waals surface area contributed by atoms with Gasteiger partial charge in [0, 0.05) is 11.5 Å². The van der Waals surface area contributed by atoms with Crippen LogP contribution in [0.5, 0.6) is 0 Å². The molecule has 21 heavy (non-hydrogen) atoms. The van der Waals surface area contributed by atoms with Crippen LogP contribution < -0.4 is 0 Å². The molecule has 0 aliphatic rings. The van der Waals surface area contributed by atoms with Crippen LogP contribution in [0.15, 0.2) is 47.4 Å². The average Bonchev–Trinajstić information content (AvgIpc) is 2.53. The van der Waals surface area contributed by atoms with Crippen LogP contribution in [0.25, 0.3) is 0 Å². The van der Waals surface area contributed by atoms with Gasteiger partial charge in [0.2, 0.25) is 0 Å². The monoisotopic (exact) mass is 308 g/mol. The molecule has 3 heteroatoms. The summed E-state index contributed by atoms with van der Waals surface area (Å²) in [5, 5.41) is 8.85. The zero-order chi connectivity index (χ0) is 15.3.